The third-order valence-electron chi connectivity index (χ3n) is 2.32. The molecule has 5 nitrogen and oxygen atoms in total. The van der Waals surface area contributed by atoms with Gasteiger partial charge in [0.25, 0.3) is 5.69 Å². The monoisotopic (exact) mass is 267 g/mol. The van der Waals surface area contributed by atoms with Crippen molar-refractivity contribution in [3.63, 3.8) is 0 Å². The summed E-state index contributed by atoms with van der Waals surface area (Å²) in [5, 5.41) is 11.0. The van der Waals surface area contributed by atoms with Gasteiger partial charge in [-0.3, -0.25) is 10.1 Å². The summed E-state index contributed by atoms with van der Waals surface area (Å²) in [5.74, 6) is -0.622. The summed E-state index contributed by atoms with van der Waals surface area (Å²) in [4.78, 5) is 17.3. The second kappa shape index (κ2) is 5.18. The average Bonchev–Trinajstić information content (AvgIpc) is 2.79. The molecule has 18 heavy (non-hydrogen) atoms. The molecule has 1 N–H and O–H groups in total. The third-order valence-corrected chi connectivity index (χ3v) is 3.27. The minimum absolute atomic E-state index is 0.259. The second-order valence-corrected chi connectivity index (χ2v) is 4.57. The Morgan fingerprint density at radius 1 is 1.56 bits per heavy atom. The second-order valence-electron chi connectivity index (χ2n) is 3.54. The Morgan fingerprint density at radius 2 is 2.33 bits per heavy atom. The smallest absolute Gasteiger partial charge is 0.272 e. The van der Waals surface area contributed by atoms with Crippen LogP contribution in [0.3, 0.4) is 0 Å². The van der Waals surface area contributed by atoms with E-state index < -0.39 is 10.7 Å². The lowest BCUT2D eigenvalue weighted by molar-refractivity contribution is -0.385. The summed E-state index contributed by atoms with van der Waals surface area (Å²) in [6, 6.07) is 3.56. The van der Waals surface area contributed by atoms with Crippen LogP contribution in [0.2, 0.25) is 0 Å². The molecule has 0 amide bonds. The van der Waals surface area contributed by atoms with Gasteiger partial charge in [-0.25, -0.2) is 9.37 Å². The summed E-state index contributed by atoms with van der Waals surface area (Å²) in [7, 11) is 0. The molecule has 2 aromatic rings. The van der Waals surface area contributed by atoms with Crippen LogP contribution >= 0.6 is 11.8 Å². The molecule has 0 aliphatic carbocycles. The summed E-state index contributed by atoms with van der Waals surface area (Å²) in [6.07, 6.45) is 2.50. The molecule has 0 saturated heterocycles. The molecule has 0 unspecified atom stereocenters. The van der Waals surface area contributed by atoms with Crippen LogP contribution in [0.15, 0.2) is 34.4 Å². The van der Waals surface area contributed by atoms with Gasteiger partial charge in [0, 0.05) is 18.0 Å². The summed E-state index contributed by atoms with van der Waals surface area (Å²) in [5.41, 5.74) is 0.699. The van der Waals surface area contributed by atoms with Gasteiger partial charge in [-0.2, -0.15) is 0 Å². The predicted octanol–water partition coefficient (Wildman–Crippen LogP) is 3.17. The average molecular weight is 267 g/mol. The predicted molar refractivity (Wildman–Crippen MR) is 65.1 cm³/mol. The molecule has 0 aliphatic heterocycles. The molecule has 0 radical (unpaired) electrons. The van der Waals surface area contributed by atoms with Crippen LogP contribution in [-0.4, -0.2) is 14.9 Å². The van der Waals surface area contributed by atoms with Gasteiger partial charge in [0.05, 0.1) is 15.9 Å². The van der Waals surface area contributed by atoms with Crippen molar-refractivity contribution in [1.29, 1.82) is 0 Å². The van der Waals surface area contributed by atoms with E-state index in [1.807, 2.05) is 6.92 Å². The molecule has 0 bridgehead atoms. The number of hydrogen-bond donors (Lipinski definition) is 1. The Bertz CT molecular complexity index is 585. The van der Waals surface area contributed by atoms with Gasteiger partial charge < -0.3 is 4.98 Å². The van der Waals surface area contributed by atoms with Crippen molar-refractivity contribution < 1.29 is 9.31 Å². The molecule has 94 valence electrons. The van der Waals surface area contributed by atoms with Crippen LogP contribution < -0.4 is 0 Å². The number of nitro benzene ring substituents is 1. The SMILES string of the molecule is CCc1cnc(Sc2ccc([N+](=O)[O-])cc2F)[nH]1. The summed E-state index contributed by atoms with van der Waals surface area (Å²) in [6.45, 7) is 1.98. The Balaban J connectivity index is 2.21. The molecule has 1 aromatic carbocycles. The van der Waals surface area contributed by atoms with Gasteiger partial charge in [0.15, 0.2) is 5.16 Å². The maximum atomic E-state index is 13.6. The minimum atomic E-state index is -0.625. The van der Waals surface area contributed by atoms with Crippen LogP contribution in [0.25, 0.3) is 0 Å². The van der Waals surface area contributed by atoms with Crippen LogP contribution in [0.1, 0.15) is 12.6 Å². The van der Waals surface area contributed by atoms with E-state index in [4.69, 9.17) is 0 Å². The van der Waals surface area contributed by atoms with Crippen molar-refractivity contribution >= 4 is 17.4 Å². The van der Waals surface area contributed by atoms with Crippen LogP contribution in [0, 0.1) is 15.9 Å². The highest BCUT2D eigenvalue weighted by Gasteiger charge is 2.12. The summed E-state index contributed by atoms with van der Waals surface area (Å²) < 4.78 is 13.6. The fourth-order valence-electron chi connectivity index (χ4n) is 1.36. The number of aromatic nitrogens is 2. The lowest BCUT2D eigenvalue weighted by atomic mass is 10.3. The Labute approximate surface area is 107 Å². The van der Waals surface area contributed by atoms with E-state index in [0.717, 1.165) is 29.9 Å². The first-order chi connectivity index (χ1) is 8.60. The highest BCUT2D eigenvalue weighted by atomic mass is 32.2. The van der Waals surface area contributed by atoms with Crippen LogP contribution in [0.5, 0.6) is 0 Å². The van der Waals surface area contributed by atoms with Gasteiger partial charge in [-0.05, 0) is 24.2 Å². The number of H-pyrrole nitrogens is 1. The van der Waals surface area contributed by atoms with E-state index >= 15 is 0 Å². The maximum Gasteiger partial charge on any atom is 0.272 e. The van der Waals surface area contributed by atoms with E-state index in [9.17, 15) is 14.5 Å². The number of benzene rings is 1. The number of nitrogens with one attached hydrogen (secondary N) is 1. The van der Waals surface area contributed by atoms with E-state index in [-0.39, 0.29) is 5.69 Å². The Morgan fingerprint density at radius 3 is 2.89 bits per heavy atom. The normalized spacial score (nSPS) is 10.6. The molecule has 0 fully saturated rings. The molecule has 2 rings (SSSR count). The van der Waals surface area contributed by atoms with E-state index in [2.05, 4.69) is 9.97 Å². The first kappa shape index (κ1) is 12.6. The van der Waals surface area contributed by atoms with Crippen molar-refractivity contribution in [3.8, 4) is 0 Å². The van der Waals surface area contributed by atoms with Gasteiger partial charge in [0.1, 0.15) is 5.82 Å². The lowest BCUT2D eigenvalue weighted by Gasteiger charge is -2.00. The zero-order chi connectivity index (χ0) is 13.1. The topological polar surface area (TPSA) is 71.8 Å². The number of hydrogen-bond acceptors (Lipinski definition) is 4. The molecule has 0 atom stereocenters. The fourth-order valence-corrected chi connectivity index (χ4v) is 2.15. The Hall–Kier alpha value is -1.89. The fraction of sp³-hybridized carbons (Fsp3) is 0.182. The van der Waals surface area contributed by atoms with Crippen LogP contribution in [-0.2, 0) is 6.42 Å². The number of rotatable bonds is 4. The number of halogens is 1. The third kappa shape index (κ3) is 2.67. The maximum absolute atomic E-state index is 13.6. The van der Waals surface area contributed by atoms with Gasteiger partial charge in [-0.15, -0.1) is 0 Å². The number of non-ortho nitro benzene ring substituents is 1. The molecule has 0 aliphatic rings. The van der Waals surface area contributed by atoms with E-state index in [0.29, 0.717) is 10.1 Å². The van der Waals surface area contributed by atoms with Gasteiger partial charge in [0.2, 0.25) is 0 Å². The first-order valence-electron chi connectivity index (χ1n) is 5.26. The van der Waals surface area contributed by atoms with Crippen LogP contribution in [0.4, 0.5) is 10.1 Å². The van der Waals surface area contributed by atoms with Crippen molar-refractivity contribution in [1.82, 2.24) is 9.97 Å². The number of nitrogens with zero attached hydrogens (tertiary/aromatic N) is 2. The zero-order valence-electron chi connectivity index (χ0n) is 9.51. The highest BCUT2D eigenvalue weighted by molar-refractivity contribution is 7.99. The molecule has 1 heterocycles. The largest absolute Gasteiger partial charge is 0.337 e. The van der Waals surface area contributed by atoms with E-state index in [1.54, 1.807) is 6.20 Å². The van der Waals surface area contributed by atoms with Crippen molar-refractivity contribution in [3.05, 3.63) is 46.0 Å². The minimum Gasteiger partial charge on any atom is -0.337 e. The van der Waals surface area contributed by atoms with Crippen molar-refractivity contribution in [2.75, 3.05) is 0 Å². The van der Waals surface area contributed by atoms with Crippen molar-refractivity contribution in [2.24, 2.45) is 0 Å². The van der Waals surface area contributed by atoms with Crippen molar-refractivity contribution in [2.45, 2.75) is 23.4 Å². The molecule has 0 spiro atoms. The summed E-state index contributed by atoms with van der Waals surface area (Å²) >= 11 is 1.11. The number of imidazole rings is 1. The quantitative estimate of drug-likeness (QED) is 0.682. The first-order valence-corrected chi connectivity index (χ1v) is 6.07. The highest BCUT2D eigenvalue weighted by Crippen LogP contribution is 2.29. The van der Waals surface area contributed by atoms with Gasteiger partial charge in [-0.1, -0.05) is 6.92 Å². The molecule has 1 aromatic heterocycles. The standard InChI is InChI=1S/C11H10FN3O2S/c1-2-7-6-13-11(14-7)18-10-4-3-8(15(16)17)5-9(10)12/h3-6H,2H2,1H3,(H,13,14). The number of nitro groups is 1. The number of aromatic amines is 1. The van der Waals surface area contributed by atoms with Gasteiger partial charge >= 0.3 is 0 Å². The van der Waals surface area contributed by atoms with E-state index in [1.165, 1.54) is 12.1 Å². The zero-order valence-corrected chi connectivity index (χ0v) is 10.3. The molecule has 7 heteroatoms. The Kier molecular flexibility index (Phi) is 3.61. The number of aryl methyl sites for hydroxylation is 1. The molecule has 0 saturated carbocycles. The molecular weight excluding hydrogens is 257 g/mol. The molecular formula is C11H10FN3O2S. The lowest BCUT2D eigenvalue weighted by Crippen LogP contribution is -1.90.